The van der Waals surface area contributed by atoms with Crippen molar-refractivity contribution in [1.29, 1.82) is 5.26 Å². The largest absolute Gasteiger partial charge is 0.302 e. The van der Waals surface area contributed by atoms with Crippen LogP contribution in [0.1, 0.15) is 37.4 Å². The molecule has 0 aliphatic rings. The van der Waals surface area contributed by atoms with Crippen molar-refractivity contribution in [1.82, 2.24) is 9.97 Å². The Labute approximate surface area is 183 Å². The van der Waals surface area contributed by atoms with Crippen LogP contribution in [0.2, 0.25) is 5.02 Å². The van der Waals surface area contributed by atoms with Gasteiger partial charge in [0.15, 0.2) is 5.13 Å². The van der Waals surface area contributed by atoms with Gasteiger partial charge in [-0.25, -0.2) is 9.97 Å². The number of carbonyl (C=O) groups excluding carboxylic acids is 1. The summed E-state index contributed by atoms with van der Waals surface area (Å²) < 4.78 is 0. The van der Waals surface area contributed by atoms with E-state index in [1.54, 1.807) is 6.07 Å². The van der Waals surface area contributed by atoms with Crippen molar-refractivity contribution in [3.8, 4) is 17.3 Å². The van der Waals surface area contributed by atoms with Crippen molar-refractivity contribution >= 4 is 45.7 Å². The minimum absolute atomic E-state index is 0.118. The first-order valence-electron chi connectivity index (χ1n) is 9.01. The number of benzene rings is 1. The number of aromatic nitrogens is 2. The van der Waals surface area contributed by atoms with E-state index in [4.69, 9.17) is 11.6 Å². The second kappa shape index (κ2) is 9.88. The maximum atomic E-state index is 12.3. The molecule has 0 saturated carbocycles. The molecule has 0 bridgehead atoms. The van der Waals surface area contributed by atoms with Crippen molar-refractivity contribution in [2.75, 3.05) is 11.1 Å². The Morgan fingerprint density at radius 3 is 2.69 bits per heavy atom. The van der Waals surface area contributed by atoms with Crippen LogP contribution in [0.5, 0.6) is 0 Å². The van der Waals surface area contributed by atoms with Crippen LogP contribution >= 0.6 is 34.7 Å². The topological polar surface area (TPSA) is 78.7 Å². The monoisotopic (exact) mass is 442 g/mol. The summed E-state index contributed by atoms with van der Waals surface area (Å²) in [5.41, 5.74) is 3.22. The Kier molecular flexibility index (Phi) is 7.26. The smallest absolute Gasteiger partial charge is 0.226 e. The fourth-order valence-electron chi connectivity index (χ4n) is 2.48. The molecule has 5 nitrogen and oxygen atoms in total. The molecule has 0 fully saturated rings. The summed E-state index contributed by atoms with van der Waals surface area (Å²) in [7, 11) is 0. The number of hydrogen-bond donors (Lipinski definition) is 1. The van der Waals surface area contributed by atoms with Crippen LogP contribution in [0.25, 0.3) is 11.3 Å². The number of nitrogens with zero attached hydrogens (tertiary/aromatic N) is 3. The molecule has 0 atom stereocenters. The van der Waals surface area contributed by atoms with E-state index >= 15 is 0 Å². The van der Waals surface area contributed by atoms with E-state index in [2.05, 4.69) is 35.2 Å². The molecule has 3 rings (SSSR count). The lowest BCUT2D eigenvalue weighted by molar-refractivity contribution is -0.115. The van der Waals surface area contributed by atoms with Gasteiger partial charge in [-0.1, -0.05) is 37.6 Å². The molecular weight excluding hydrogens is 424 g/mol. The highest BCUT2D eigenvalue weighted by atomic mass is 35.5. The lowest BCUT2D eigenvalue weighted by Crippen LogP contribution is -2.12. The van der Waals surface area contributed by atoms with Gasteiger partial charge in [-0.05, 0) is 30.2 Å². The highest BCUT2D eigenvalue weighted by Gasteiger charge is 2.11. The average molecular weight is 443 g/mol. The summed E-state index contributed by atoms with van der Waals surface area (Å²) in [4.78, 5) is 21.3. The number of thioether (sulfide) groups is 1. The Morgan fingerprint density at radius 1 is 1.24 bits per heavy atom. The van der Waals surface area contributed by atoms with Crippen LogP contribution in [0, 0.1) is 11.3 Å². The normalized spacial score (nSPS) is 10.7. The zero-order valence-electron chi connectivity index (χ0n) is 16.0. The van der Waals surface area contributed by atoms with Gasteiger partial charge in [0, 0.05) is 33.8 Å². The van der Waals surface area contributed by atoms with Crippen LogP contribution in [0.3, 0.4) is 0 Å². The number of hydrogen-bond acceptors (Lipinski definition) is 6. The molecule has 148 valence electrons. The number of carbonyl (C=O) groups is 1. The second-order valence-electron chi connectivity index (χ2n) is 6.55. The summed E-state index contributed by atoms with van der Waals surface area (Å²) in [6, 6.07) is 13.2. The predicted octanol–water partition coefficient (Wildman–Crippen LogP) is 5.97. The van der Waals surface area contributed by atoms with E-state index in [-0.39, 0.29) is 11.8 Å². The SMILES string of the molecule is CC(C)c1ccc(C#N)c(SCCC(=O)Nc2nc(-c3ccc(Cl)cc3)cs2)n1. The van der Waals surface area contributed by atoms with Crippen molar-refractivity contribution in [2.24, 2.45) is 0 Å². The van der Waals surface area contributed by atoms with E-state index in [1.165, 1.54) is 23.1 Å². The van der Waals surface area contributed by atoms with Gasteiger partial charge in [-0.3, -0.25) is 4.79 Å². The fourth-order valence-corrected chi connectivity index (χ4v) is 4.26. The van der Waals surface area contributed by atoms with E-state index in [0.717, 1.165) is 17.0 Å². The average Bonchev–Trinajstić information content (AvgIpc) is 3.16. The fraction of sp³-hybridized carbons (Fsp3) is 0.238. The van der Waals surface area contributed by atoms with E-state index in [1.807, 2.05) is 35.7 Å². The standard InChI is InChI=1S/C21H19ClN4OS2/c1-13(2)17-8-5-15(11-23)20(24-17)28-10-9-19(27)26-21-25-18(12-29-21)14-3-6-16(22)7-4-14/h3-8,12-13H,9-10H2,1-2H3,(H,25,26,27). The lowest BCUT2D eigenvalue weighted by atomic mass is 10.1. The van der Waals surface area contributed by atoms with Gasteiger partial charge in [0.25, 0.3) is 0 Å². The molecule has 0 aliphatic carbocycles. The van der Waals surface area contributed by atoms with Crippen molar-refractivity contribution in [3.63, 3.8) is 0 Å². The minimum atomic E-state index is -0.118. The highest BCUT2D eigenvalue weighted by Crippen LogP contribution is 2.27. The summed E-state index contributed by atoms with van der Waals surface area (Å²) in [6.07, 6.45) is 0.305. The molecule has 8 heteroatoms. The van der Waals surface area contributed by atoms with Crippen molar-refractivity contribution in [3.05, 3.63) is 58.1 Å². The van der Waals surface area contributed by atoms with Gasteiger partial charge in [0.2, 0.25) is 5.91 Å². The molecule has 0 saturated heterocycles. The van der Waals surface area contributed by atoms with Crippen LogP contribution in [-0.2, 0) is 4.79 Å². The zero-order valence-corrected chi connectivity index (χ0v) is 18.4. The first kappa shape index (κ1) is 21.3. The van der Waals surface area contributed by atoms with E-state index in [9.17, 15) is 10.1 Å². The number of rotatable bonds is 7. The Balaban J connectivity index is 1.55. The minimum Gasteiger partial charge on any atom is -0.302 e. The molecule has 0 radical (unpaired) electrons. The number of nitrogens with one attached hydrogen (secondary N) is 1. The van der Waals surface area contributed by atoms with Gasteiger partial charge in [0.1, 0.15) is 11.1 Å². The highest BCUT2D eigenvalue weighted by molar-refractivity contribution is 7.99. The molecule has 1 N–H and O–H groups in total. The van der Waals surface area contributed by atoms with Gasteiger partial charge in [-0.2, -0.15) is 5.26 Å². The van der Waals surface area contributed by atoms with Crippen LogP contribution in [0.4, 0.5) is 5.13 Å². The van der Waals surface area contributed by atoms with Crippen molar-refractivity contribution in [2.45, 2.75) is 31.2 Å². The molecule has 2 heterocycles. The molecular formula is C21H19ClN4OS2. The predicted molar refractivity (Wildman–Crippen MR) is 120 cm³/mol. The quantitative estimate of drug-likeness (QED) is 0.455. The third-order valence-corrected chi connectivity index (χ3v) is 6.05. The molecule has 2 aromatic heterocycles. The number of pyridine rings is 1. The Morgan fingerprint density at radius 2 is 2.00 bits per heavy atom. The summed E-state index contributed by atoms with van der Waals surface area (Å²) in [5, 5.41) is 15.9. The van der Waals surface area contributed by atoms with Gasteiger partial charge >= 0.3 is 0 Å². The van der Waals surface area contributed by atoms with Gasteiger partial charge in [0.05, 0.1) is 11.3 Å². The molecule has 0 spiro atoms. The molecule has 0 aliphatic heterocycles. The third-order valence-electron chi connectivity index (χ3n) is 4.05. The molecule has 0 unspecified atom stereocenters. The summed E-state index contributed by atoms with van der Waals surface area (Å²) >= 11 is 8.71. The van der Waals surface area contributed by atoms with Crippen LogP contribution in [0.15, 0.2) is 46.8 Å². The number of halogens is 1. The van der Waals surface area contributed by atoms with E-state index in [0.29, 0.717) is 32.9 Å². The second-order valence-corrected chi connectivity index (χ2v) is 8.92. The number of anilines is 1. The molecule has 29 heavy (non-hydrogen) atoms. The van der Waals surface area contributed by atoms with E-state index < -0.39 is 0 Å². The molecule has 1 amide bonds. The third kappa shape index (κ3) is 5.80. The van der Waals surface area contributed by atoms with Crippen LogP contribution in [-0.4, -0.2) is 21.6 Å². The lowest BCUT2D eigenvalue weighted by Gasteiger charge is -2.08. The Bertz CT molecular complexity index is 1040. The molecule has 3 aromatic rings. The number of thiazole rings is 1. The van der Waals surface area contributed by atoms with Crippen LogP contribution < -0.4 is 5.32 Å². The zero-order chi connectivity index (χ0) is 20.8. The first-order valence-corrected chi connectivity index (χ1v) is 11.3. The number of amides is 1. The first-order chi connectivity index (χ1) is 14.0. The maximum absolute atomic E-state index is 12.3. The number of nitriles is 1. The van der Waals surface area contributed by atoms with Gasteiger partial charge in [-0.15, -0.1) is 23.1 Å². The maximum Gasteiger partial charge on any atom is 0.226 e. The Hall–Kier alpha value is -2.40. The van der Waals surface area contributed by atoms with Gasteiger partial charge < -0.3 is 5.32 Å². The summed E-state index contributed by atoms with van der Waals surface area (Å²) in [5.74, 6) is 0.697. The summed E-state index contributed by atoms with van der Waals surface area (Å²) in [6.45, 7) is 4.12. The molecule has 1 aromatic carbocycles. The van der Waals surface area contributed by atoms with Crippen molar-refractivity contribution < 1.29 is 4.79 Å².